The van der Waals surface area contributed by atoms with Crippen molar-refractivity contribution in [1.29, 1.82) is 5.41 Å². The number of Topliss-reactive ketones (excluding diaryl/α,β-unsaturated/α-hetero) is 1. The highest BCUT2D eigenvalue weighted by atomic mass is 16.1. The molecule has 0 aromatic rings. The SMILES string of the molecule is CCCCCC(=O)C(C)=N. The molecule has 0 aliphatic rings. The van der Waals surface area contributed by atoms with E-state index < -0.39 is 0 Å². The van der Waals surface area contributed by atoms with Crippen LogP contribution in [0.1, 0.15) is 39.5 Å². The zero-order valence-corrected chi connectivity index (χ0v) is 6.74. The molecule has 0 aromatic carbocycles. The molecular weight excluding hydrogens is 126 g/mol. The molecule has 0 heterocycles. The minimum atomic E-state index is -0.00606. The number of carbonyl (C=O) groups excluding carboxylic acids is 1. The van der Waals surface area contributed by atoms with Crippen molar-refractivity contribution in [3.8, 4) is 0 Å². The monoisotopic (exact) mass is 141 g/mol. The summed E-state index contributed by atoms with van der Waals surface area (Å²) in [5.74, 6) is -0.00606. The molecule has 1 N–H and O–H groups in total. The Morgan fingerprint density at radius 1 is 1.40 bits per heavy atom. The molecule has 2 nitrogen and oxygen atoms in total. The van der Waals surface area contributed by atoms with Crippen LogP contribution in [0.4, 0.5) is 0 Å². The maximum Gasteiger partial charge on any atom is 0.176 e. The second-order valence-electron chi connectivity index (χ2n) is 2.51. The first-order valence-electron chi connectivity index (χ1n) is 3.76. The fourth-order valence-electron chi connectivity index (χ4n) is 0.723. The molecule has 0 saturated carbocycles. The van der Waals surface area contributed by atoms with Crippen LogP contribution >= 0.6 is 0 Å². The van der Waals surface area contributed by atoms with E-state index >= 15 is 0 Å². The summed E-state index contributed by atoms with van der Waals surface area (Å²) in [4.78, 5) is 10.8. The van der Waals surface area contributed by atoms with Crippen LogP contribution in [-0.4, -0.2) is 11.5 Å². The van der Waals surface area contributed by atoms with Gasteiger partial charge in [0.2, 0.25) is 0 Å². The third-order valence-electron chi connectivity index (χ3n) is 1.43. The fourth-order valence-corrected chi connectivity index (χ4v) is 0.723. The quantitative estimate of drug-likeness (QED) is 0.462. The average molecular weight is 141 g/mol. The average Bonchev–Trinajstić information content (AvgIpc) is 1.88. The van der Waals surface area contributed by atoms with Crippen molar-refractivity contribution in [2.75, 3.05) is 0 Å². The summed E-state index contributed by atoms with van der Waals surface area (Å²) in [7, 11) is 0. The first-order chi connectivity index (χ1) is 4.68. The van der Waals surface area contributed by atoms with Crippen LogP contribution < -0.4 is 0 Å². The lowest BCUT2D eigenvalue weighted by Gasteiger charge is -1.95. The molecule has 2 heteroatoms. The van der Waals surface area contributed by atoms with Gasteiger partial charge in [0.05, 0.1) is 5.71 Å². The number of nitrogens with one attached hydrogen (secondary N) is 1. The van der Waals surface area contributed by atoms with E-state index in [9.17, 15) is 4.79 Å². The Hall–Kier alpha value is -0.660. The smallest absolute Gasteiger partial charge is 0.176 e. The molecule has 10 heavy (non-hydrogen) atoms. The molecule has 0 atom stereocenters. The van der Waals surface area contributed by atoms with Crippen molar-refractivity contribution in [3.63, 3.8) is 0 Å². The lowest BCUT2D eigenvalue weighted by atomic mass is 10.1. The third-order valence-corrected chi connectivity index (χ3v) is 1.43. The van der Waals surface area contributed by atoms with Gasteiger partial charge in [-0.3, -0.25) is 4.79 Å². The molecule has 0 aliphatic carbocycles. The van der Waals surface area contributed by atoms with Crippen LogP contribution in [0, 0.1) is 5.41 Å². The molecule has 0 spiro atoms. The molecule has 58 valence electrons. The van der Waals surface area contributed by atoms with Crippen LogP contribution in [-0.2, 0) is 4.79 Å². The van der Waals surface area contributed by atoms with Crippen LogP contribution in [0.2, 0.25) is 0 Å². The minimum absolute atomic E-state index is 0.00606. The number of unbranched alkanes of at least 4 members (excludes halogenated alkanes) is 2. The summed E-state index contributed by atoms with van der Waals surface area (Å²) < 4.78 is 0. The van der Waals surface area contributed by atoms with E-state index in [1.165, 1.54) is 0 Å². The van der Waals surface area contributed by atoms with Crippen molar-refractivity contribution in [3.05, 3.63) is 0 Å². The lowest BCUT2D eigenvalue weighted by Crippen LogP contribution is -2.07. The van der Waals surface area contributed by atoms with E-state index in [2.05, 4.69) is 6.92 Å². The molecule has 0 bridgehead atoms. The third kappa shape index (κ3) is 4.24. The molecular formula is C8H15NO. The number of rotatable bonds is 5. The second-order valence-corrected chi connectivity index (χ2v) is 2.51. The number of hydrogen-bond donors (Lipinski definition) is 1. The van der Waals surface area contributed by atoms with Gasteiger partial charge in [-0.05, 0) is 13.3 Å². The van der Waals surface area contributed by atoms with Crippen LogP contribution in [0.5, 0.6) is 0 Å². The predicted molar refractivity (Wildman–Crippen MR) is 42.5 cm³/mol. The summed E-state index contributed by atoms with van der Waals surface area (Å²) >= 11 is 0. The maximum atomic E-state index is 10.8. The Kier molecular flexibility index (Phi) is 4.81. The number of ketones is 1. The van der Waals surface area contributed by atoms with Gasteiger partial charge >= 0.3 is 0 Å². The highest BCUT2D eigenvalue weighted by Gasteiger charge is 2.01. The van der Waals surface area contributed by atoms with Crippen LogP contribution in [0.3, 0.4) is 0 Å². The van der Waals surface area contributed by atoms with Gasteiger partial charge in [0.15, 0.2) is 5.78 Å². The highest BCUT2D eigenvalue weighted by Crippen LogP contribution is 1.99. The van der Waals surface area contributed by atoms with E-state index in [0.717, 1.165) is 19.3 Å². The van der Waals surface area contributed by atoms with Crippen LogP contribution in [0.15, 0.2) is 0 Å². The topological polar surface area (TPSA) is 40.9 Å². The summed E-state index contributed by atoms with van der Waals surface area (Å²) in [6.07, 6.45) is 3.72. The Labute approximate surface area is 62.1 Å². The van der Waals surface area contributed by atoms with Crippen molar-refractivity contribution < 1.29 is 4.79 Å². The van der Waals surface area contributed by atoms with Gasteiger partial charge in [0, 0.05) is 6.42 Å². The van der Waals surface area contributed by atoms with E-state index in [-0.39, 0.29) is 11.5 Å². The van der Waals surface area contributed by atoms with Crippen LogP contribution in [0.25, 0.3) is 0 Å². The van der Waals surface area contributed by atoms with Gasteiger partial charge in [-0.15, -0.1) is 0 Å². The number of carbonyl (C=O) groups is 1. The Balaban J connectivity index is 3.31. The van der Waals surface area contributed by atoms with Gasteiger partial charge in [-0.1, -0.05) is 19.8 Å². The molecule has 0 saturated heterocycles. The molecule has 0 radical (unpaired) electrons. The lowest BCUT2D eigenvalue weighted by molar-refractivity contribution is -0.113. The zero-order chi connectivity index (χ0) is 7.98. The molecule has 0 fully saturated rings. The van der Waals surface area contributed by atoms with E-state index in [1.807, 2.05) is 0 Å². The largest absolute Gasteiger partial charge is 0.302 e. The summed E-state index contributed by atoms with van der Waals surface area (Å²) in [5.41, 5.74) is 0.191. The van der Waals surface area contributed by atoms with Gasteiger partial charge in [-0.25, -0.2) is 0 Å². The number of hydrogen-bond acceptors (Lipinski definition) is 2. The summed E-state index contributed by atoms with van der Waals surface area (Å²) in [6, 6.07) is 0. The van der Waals surface area contributed by atoms with Crippen molar-refractivity contribution >= 4 is 11.5 Å². The summed E-state index contributed by atoms with van der Waals surface area (Å²) in [6.45, 7) is 3.65. The minimum Gasteiger partial charge on any atom is -0.302 e. The van der Waals surface area contributed by atoms with E-state index in [1.54, 1.807) is 6.92 Å². The summed E-state index contributed by atoms with van der Waals surface area (Å²) in [5, 5.41) is 6.99. The zero-order valence-electron chi connectivity index (χ0n) is 6.74. The molecule has 0 aliphatic heterocycles. The van der Waals surface area contributed by atoms with Gasteiger partial charge in [0.25, 0.3) is 0 Å². The highest BCUT2D eigenvalue weighted by molar-refractivity contribution is 6.37. The predicted octanol–water partition coefficient (Wildman–Crippen LogP) is 2.18. The fraction of sp³-hybridized carbons (Fsp3) is 0.750. The maximum absolute atomic E-state index is 10.8. The molecule has 0 rings (SSSR count). The Bertz CT molecular complexity index is 129. The van der Waals surface area contributed by atoms with Crippen molar-refractivity contribution in [2.45, 2.75) is 39.5 Å². The normalized spacial score (nSPS) is 9.40. The first-order valence-corrected chi connectivity index (χ1v) is 3.76. The van der Waals surface area contributed by atoms with Gasteiger partial charge in [0.1, 0.15) is 0 Å². The van der Waals surface area contributed by atoms with Crippen molar-refractivity contribution in [2.24, 2.45) is 0 Å². The van der Waals surface area contributed by atoms with Gasteiger partial charge in [-0.2, -0.15) is 0 Å². The first kappa shape index (κ1) is 9.34. The molecule has 0 amide bonds. The standard InChI is InChI=1S/C8H15NO/c1-3-4-5-6-8(10)7(2)9/h9H,3-6H2,1-2H3. The molecule has 0 aromatic heterocycles. The Morgan fingerprint density at radius 2 is 2.00 bits per heavy atom. The van der Waals surface area contributed by atoms with E-state index in [4.69, 9.17) is 5.41 Å². The Morgan fingerprint density at radius 3 is 2.40 bits per heavy atom. The van der Waals surface area contributed by atoms with Gasteiger partial charge < -0.3 is 5.41 Å². The van der Waals surface area contributed by atoms with E-state index in [0.29, 0.717) is 6.42 Å². The second kappa shape index (κ2) is 5.15. The molecule has 0 unspecified atom stereocenters. The van der Waals surface area contributed by atoms with Crippen molar-refractivity contribution in [1.82, 2.24) is 0 Å².